The van der Waals surface area contributed by atoms with Crippen molar-refractivity contribution >= 4 is 17.5 Å². The molecule has 2 aromatic carbocycles. The molecule has 0 aliphatic carbocycles. The molecule has 0 atom stereocenters. The molecular formula is C23H22N2O5. The number of nitro benzene ring substituents is 1. The van der Waals surface area contributed by atoms with Gasteiger partial charge in [-0.15, -0.1) is 0 Å². The number of hydrogen-bond acceptors (Lipinski definition) is 5. The van der Waals surface area contributed by atoms with Crippen LogP contribution < -0.4 is 9.47 Å². The summed E-state index contributed by atoms with van der Waals surface area (Å²) in [6.45, 7) is 3.85. The van der Waals surface area contributed by atoms with Crippen LogP contribution in [0.3, 0.4) is 0 Å². The molecule has 0 radical (unpaired) electrons. The SMILES string of the molecule is COc1ccc(C(=O)/C=C/c2cc(C)n(-c3ccc([N+](=O)[O-])cc3OC)c2C)cc1. The summed E-state index contributed by atoms with van der Waals surface area (Å²) < 4.78 is 12.4. The van der Waals surface area contributed by atoms with Gasteiger partial charge in [-0.2, -0.15) is 0 Å². The number of allylic oxidation sites excluding steroid dienone is 1. The summed E-state index contributed by atoms with van der Waals surface area (Å²) in [6.07, 6.45) is 3.30. The van der Waals surface area contributed by atoms with Gasteiger partial charge >= 0.3 is 0 Å². The van der Waals surface area contributed by atoms with Crippen molar-refractivity contribution in [2.45, 2.75) is 13.8 Å². The number of rotatable bonds is 7. The predicted octanol–water partition coefficient (Wildman–Crippen LogP) is 4.92. The van der Waals surface area contributed by atoms with Crippen LogP contribution in [0.5, 0.6) is 11.5 Å². The number of ether oxygens (including phenoxy) is 2. The second kappa shape index (κ2) is 8.65. The molecular weight excluding hydrogens is 384 g/mol. The molecule has 30 heavy (non-hydrogen) atoms. The van der Waals surface area contributed by atoms with Crippen molar-refractivity contribution in [3.05, 3.63) is 87.2 Å². The Hall–Kier alpha value is -3.87. The quantitative estimate of drug-likeness (QED) is 0.241. The molecule has 3 rings (SSSR count). The van der Waals surface area contributed by atoms with Gasteiger partial charge in [-0.1, -0.05) is 0 Å². The highest BCUT2D eigenvalue weighted by Gasteiger charge is 2.17. The Morgan fingerprint density at radius 3 is 2.33 bits per heavy atom. The molecule has 0 aliphatic rings. The fourth-order valence-corrected chi connectivity index (χ4v) is 3.31. The van der Waals surface area contributed by atoms with Gasteiger partial charge in [0.05, 0.1) is 30.9 Å². The van der Waals surface area contributed by atoms with Crippen LogP contribution in [0.1, 0.15) is 27.3 Å². The molecule has 0 saturated carbocycles. The van der Waals surface area contributed by atoms with Crippen molar-refractivity contribution in [3.63, 3.8) is 0 Å². The number of aromatic nitrogens is 1. The van der Waals surface area contributed by atoms with E-state index in [-0.39, 0.29) is 11.5 Å². The minimum Gasteiger partial charge on any atom is -0.497 e. The van der Waals surface area contributed by atoms with Crippen LogP contribution in [-0.2, 0) is 0 Å². The van der Waals surface area contributed by atoms with Crippen molar-refractivity contribution < 1.29 is 19.2 Å². The minimum absolute atomic E-state index is 0.0386. The summed E-state index contributed by atoms with van der Waals surface area (Å²) in [7, 11) is 3.05. The average Bonchev–Trinajstić information content (AvgIpc) is 3.04. The summed E-state index contributed by atoms with van der Waals surface area (Å²) in [5.74, 6) is 0.974. The fourth-order valence-electron chi connectivity index (χ4n) is 3.31. The molecule has 7 nitrogen and oxygen atoms in total. The van der Waals surface area contributed by atoms with Crippen molar-refractivity contribution in [1.82, 2.24) is 4.57 Å². The van der Waals surface area contributed by atoms with E-state index in [1.807, 2.05) is 24.5 Å². The van der Waals surface area contributed by atoms with Crippen LogP contribution in [0.4, 0.5) is 5.69 Å². The molecule has 3 aromatic rings. The van der Waals surface area contributed by atoms with Gasteiger partial charge in [0.25, 0.3) is 5.69 Å². The van der Waals surface area contributed by atoms with Gasteiger partial charge in [-0.05, 0) is 68.0 Å². The van der Waals surface area contributed by atoms with Crippen LogP contribution >= 0.6 is 0 Å². The lowest BCUT2D eigenvalue weighted by atomic mass is 10.1. The smallest absolute Gasteiger partial charge is 0.273 e. The lowest BCUT2D eigenvalue weighted by Crippen LogP contribution is -2.03. The van der Waals surface area contributed by atoms with Gasteiger partial charge in [-0.25, -0.2) is 0 Å². The maximum atomic E-state index is 12.5. The molecule has 1 heterocycles. The Morgan fingerprint density at radius 2 is 1.73 bits per heavy atom. The van der Waals surface area contributed by atoms with Gasteiger partial charge in [0, 0.05) is 23.0 Å². The number of benzene rings is 2. The van der Waals surface area contributed by atoms with Crippen LogP contribution in [0.15, 0.2) is 54.6 Å². The largest absolute Gasteiger partial charge is 0.497 e. The molecule has 0 aliphatic heterocycles. The second-order valence-electron chi connectivity index (χ2n) is 6.70. The van der Waals surface area contributed by atoms with E-state index in [2.05, 4.69) is 0 Å². The number of non-ortho nitro benzene ring substituents is 1. The first-order valence-corrected chi connectivity index (χ1v) is 9.24. The number of carbonyl (C=O) groups excluding carboxylic acids is 1. The van der Waals surface area contributed by atoms with E-state index in [0.29, 0.717) is 22.7 Å². The Morgan fingerprint density at radius 1 is 1.03 bits per heavy atom. The molecule has 0 unspecified atom stereocenters. The zero-order valence-corrected chi connectivity index (χ0v) is 17.2. The molecule has 1 aromatic heterocycles. The van der Waals surface area contributed by atoms with Crippen LogP contribution in [0.25, 0.3) is 11.8 Å². The standard InChI is InChI=1S/C23H22N2O5/c1-15-13-18(7-12-22(26)17-5-9-20(29-3)10-6-17)16(2)24(15)21-11-8-19(25(27)28)14-23(21)30-4/h5-14H,1-4H3/b12-7+. The Labute approximate surface area is 174 Å². The van der Waals surface area contributed by atoms with Crippen LogP contribution in [0, 0.1) is 24.0 Å². The summed E-state index contributed by atoms with van der Waals surface area (Å²) in [4.78, 5) is 23.1. The number of ketones is 1. The highest BCUT2D eigenvalue weighted by atomic mass is 16.6. The average molecular weight is 406 g/mol. The summed E-state index contributed by atoms with van der Waals surface area (Å²) in [5.41, 5.74) is 3.89. The third kappa shape index (κ3) is 4.10. The van der Waals surface area contributed by atoms with Crippen molar-refractivity contribution in [2.75, 3.05) is 14.2 Å². The molecule has 0 bridgehead atoms. The van der Waals surface area contributed by atoms with E-state index in [4.69, 9.17) is 9.47 Å². The summed E-state index contributed by atoms with van der Waals surface area (Å²) in [5, 5.41) is 11.1. The summed E-state index contributed by atoms with van der Waals surface area (Å²) in [6, 6.07) is 13.4. The lowest BCUT2D eigenvalue weighted by molar-refractivity contribution is -0.384. The monoisotopic (exact) mass is 406 g/mol. The third-order valence-electron chi connectivity index (χ3n) is 4.87. The van der Waals surface area contributed by atoms with Crippen molar-refractivity contribution in [1.29, 1.82) is 0 Å². The minimum atomic E-state index is -0.458. The molecule has 7 heteroatoms. The molecule has 0 spiro atoms. The van der Waals surface area contributed by atoms with E-state index in [0.717, 1.165) is 17.0 Å². The first-order valence-electron chi connectivity index (χ1n) is 9.24. The molecule has 154 valence electrons. The van der Waals surface area contributed by atoms with E-state index >= 15 is 0 Å². The normalized spacial score (nSPS) is 10.9. The predicted molar refractivity (Wildman–Crippen MR) is 115 cm³/mol. The number of nitro groups is 1. The Balaban J connectivity index is 1.93. The zero-order valence-electron chi connectivity index (χ0n) is 17.2. The van der Waals surface area contributed by atoms with Gasteiger partial charge in [0.1, 0.15) is 11.5 Å². The van der Waals surface area contributed by atoms with Crippen molar-refractivity contribution in [2.24, 2.45) is 0 Å². The fraction of sp³-hybridized carbons (Fsp3) is 0.174. The second-order valence-corrected chi connectivity index (χ2v) is 6.70. The van der Waals surface area contributed by atoms with Gasteiger partial charge in [0.2, 0.25) is 0 Å². The van der Waals surface area contributed by atoms with Crippen molar-refractivity contribution in [3.8, 4) is 17.2 Å². The first kappa shape index (κ1) is 20.9. The van der Waals surface area contributed by atoms with Gasteiger partial charge in [-0.3, -0.25) is 14.9 Å². The third-order valence-corrected chi connectivity index (χ3v) is 4.87. The van der Waals surface area contributed by atoms with E-state index < -0.39 is 4.92 Å². The topological polar surface area (TPSA) is 83.6 Å². The maximum absolute atomic E-state index is 12.5. The first-order chi connectivity index (χ1) is 14.3. The van der Waals surface area contributed by atoms with Crippen LogP contribution in [0.2, 0.25) is 0 Å². The lowest BCUT2D eigenvalue weighted by Gasteiger charge is -2.13. The van der Waals surface area contributed by atoms with E-state index in [9.17, 15) is 14.9 Å². The van der Waals surface area contributed by atoms with Gasteiger partial charge < -0.3 is 14.0 Å². The van der Waals surface area contributed by atoms with E-state index in [1.54, 1.807) is 43.5 Å². The Bertz CT molecular complexity index is 1130. The van der Waals surface area contributed by atoms with Crippen LogP contribution in [-0.4, -0.2) is 29.5 Å². The molecule has 0 saturated heterocycles. The number of hydrogen-bond donors (Lipinski definition) is 0. The molecule has 0 amide bonds. The van der Waals surface area contributed by atoms with Gasteiger partial charge in [0.15, 0.2) is 5.78 Å². The maximum Gasteiger partial charge on any atom is 0.273 e. The molecule has 0 N–H and O–H groups in total. The highest BCUT2D eigenvalue weighted by molar-refractivity contribution is 6.06. The number of nitrogens with zero attached hydrogens (tertiary/aromatic N) is 2. The zero-order chi connectivity index (χ0) is 21.8. The van der Waals surface area contributed by atoms with E-state index in [1.165, 1.54) is 25.3 Å². The number of methoxy groups -OCH3 is 2. The summed E-state index contributed by atoms with van der Waals surface area (Å²) >= 11 is 0. The Kier molecular flexibility index (Phi) is 6.01. The number of carbonyl (C=O) groups is 1. The highest BCUT2D eigenvalue weighted by Crippen LogP contribution is 2.31. The molecule has 0 fully saturated rings. The number of aryl methyl sites for hydroxylation is 1.